The number of halogens is 1. The van der Waals surface area contributed by atoms with Crippen molar-refractivity contribution in [2.75, 3.05) is 26.7 Å². The molecule has 0 saturated carbocycles. The molecule has 0 aromatic carbocycles. The largest absolute Gasteiger partial charge is 0.356 e. The van der Waals surface area contributed by atoms with Crippen molar-refractivity contribution in [3.63, 3.8) is 0 Å². The summed E-state index contributed by atoms with van der Waals surface area (Å²) in [5.74, 6) is 1.57. The van der Waals surface area contributed by atoms with Gasteiger partial charge in [-0.15, -0.1) is 24.0 Å². The first-order valence-electron chi connectivity index (χ1n) is 8.57. The Labute approximate surface area is 159 Å². The third-order valence-electron chi connectivity index (χ3n) is 3.71. The summed E-state index contributed by atoms with van der Waals surface area (Å²) in [5, 5.41) is 9.53. The van der Waals surface area contributed by atoms with Crippen LogP contribution in [0.5, 0.6) is 0 Å². The van der Waals surface area contributed by atoms with Crippen molar-refractivity contribution in [2.24, 2.45) is 16.3 Å². The third kappa shape index (κ3) is 12.5. The second-order valence-corrected chi connectivity index (χ2v) is 6.80. The first-order chi connectivity index (χ1) is 10.3. The second-order valence-electron chi connectivity index (χ2n) is 6.80. The average Bonchev–Trinajstić information content (AvgIpc) is 2.48. The average molecular weight is 440 g/mol. The predicted octanol–water partition coefficient (Wildman–Crippen LogP) is 3.15. The highest BCUT2D eigenvalue weighted by Crippen LogP contribution is 2.12. The van der Waals surface area contributed by atoms with Gasteiger partial charge in [-0.25, -0.2) is 0 Å². The fourth-order valence-electron chi connectivity index (χ4n) is 2.03. The van der Waals surface area contributed by atoms with E-state index in [9.17, 15) is 4.79 Å². The smallest absolute Gasteiger partial charge is 0.225 e. The molecule has 0 fully saturated rings. The van der Waals surface area contributed by atoms with E-state index in [2.05, 4.69) is 34.8 Å². The Morgan fingerprint density at radius 1 is 1.09 bits per heavy atom. The topological polar surface area (TPSA) is 65.5 Å². The molecule has 0 saturated heterocycles. The lowest BCUT2D eigenvalue weighted by Gasteiger charge is -2.19. The number of hydrogen-bond acceptors (Lipinski definition) is 2. The Hall–Kier alpha value is -0.530. The van der Waals surface area contributed by atoms with E-state index in [0.29, 0.717) is 19.0 Å². The normalized spacial score (nSPS) is 13.0. The van der Waals surface area contributed by atoms with Crippen molar-refractivity contribution in [1.82, 2.24) is 16.0 Å². The molecule has 0 heterocycles. The molecule has 6 heteroatoms. The number of carbonyl (C=O) groups excluding carboxylic acids is 1. The maximum Gasteiger partial charge on any atom is 0.225 e. The van der Waals surface area contributed by atoms with E-state index in [1.807, 2.05) is 20.8 Å². The number of amides is 1. The molecule has 138 valence electrons. The third-order valence-corrected chi connectivity index (χ3v) is 3.71. The Kier molecular flexibility index (Phi) is 14.9. The number of nitrogens with one attached hydrogen (secondary N) is 3. The van der Waals surface area contributed by atoms with Gasteiger partial charge in [-0.1, -0.05) is 53.9 Å². The Bertz CT molecular complexity index is 340. The zero-order chi connectivity index (χ0) is 17.0. The van der Waals surface area contributed by atoms with Crippen molar-refractivity contribution >= 4 is 35.8 Å². The number of aliphatic imine (C=N–C) groups is 1. The number of guanidine groups is 1. The Morgan fingerprint density at radius 2 is 1.70 bits per heavy atom. The molecule has 0 aliphatic heterocycles. The number of unbranched alkanes of at least 4 members (excludes halogenated alkanes) is 1. The summed E-state index contributed by atoms with van der Waals surface area (Å²) >= 11 is 0. The molecular weight excluding hydrogens is 403 g/mol. The molecule has 0 aromatic rings. The van der Waals surface area contributed by atoms with Gasteiger partial charge in [0.25, 0.3) is 0 Å². The summed E-state index contributed by atoms with van der Waals surface area (Å²) in [7, 11) is 1.77. The van der Waals surface area contributed by atoms with Crippen molar-refractivity contribution < 1.29 is 4.79 Å². The van der Waals surface area contributed by atoms with Crippen LogP contribution in [0.4, 0.5) is 0 Å². The van der Waals surface area contributed by atoms with Crippen molar-refractivity contribution in [3.8, 4) is 0 Å². The van der Waals surface area contributed by atoms with E-state index < -0.39 is 0 Å². The molecule has 0 radical (unpaired) electrons. The van der Waals surface area contributed by atoms with Gasteiger partial charge in [0.15, 0.2) is 5.96 Å². The van der Waals surface area contributed by atoms with Crippen LogP contribution in [0.25, 0.3) is 0 Å². The molecule has 1 amide bonds. The fraction of sp³-hybridized carbons (Fsp3) is 0.882. The summed E-state index contributed by atoms with van der Waals surface area (Å²) in [5.41, 5.74) is -0.340. The lowest BCUT2D eigenvalue weighted by Crippen LogP contribution is -2.44. The highest BCUT2D eigenvalue weighted by Gasteiger charge is 2.20. The van der Waals surface area contributed by atoms with Gasteiger partial charge in [-0.05, 0) is 12.3 Å². The number of hydrogen-bond donors (Lipinski definition) is 3. The van der Waals surface area contributed by atoms with E-state index in [4.69, 9.17) is 0 Å². The quantitative estimate of drug-likeness (QED) is 0.223. The molecule has 0 rings (SSSR count). The number of nitrogens with zero attached hydrogens (tertiary/aromatic N) is 1. The molecule has 1 unspecified atom stereocenters. The van der Waals surface area contributed by atoms with Gasteiger partial charge in [-0.2, -0.15) is 0 Å². The minimum absolute atomic E-state index is 0. The van der Waals surface area contributed by atoms with Gasteiger partial charge in [0.1, 0.15) is 0 Å². The van der Waals surface area contributed by atoms with E-state index in [0.717, 1.165) is 12.5 Å². The van der Waals surface area contributed by atoms with Crippen molar-refractivity contribution in [3.05, 3.63) is 0 Å². The fourth-order valence-corrected chi connectivity index (χ4v) is 2.03. The number of carbonyl (C=O) groups is 1. The van der Waals surface area contributed by atoms with Crippen LogP contribution in [0.1, 0.15) is 60.3 Å². The monoisotopic (exact) mass is 440 g/mol. The van der Waals surface area contributed by atoms with Crippen LogP contribution < -0.4 is 16.0 Å². The molecule has 1 atom stereocenters. The van der Waals surface area contributed by atoms with Crippen LogP contribution in [-0.2, 0) is 4.79 Å². The van der Waals surface area contributed by atoms with Gasteiger partial charge >= 0.3 is 0 Å². The molecule has 3 N–H and O–H groups in total. The van der Waals surface area contributed by atoms with Gasteiger partial charge in [0.05, 0.1) is 0 Å². The molecule has 0 aliphatic carbocycles. The summed E-state index contributed by atoms with van der Waals surface area (Å²) in [4.78, 5) is 16.0. The van der Waals surface area contributed by atoms with E-state index in [-0.39, 0.29) is 35.3 Å². The van der Waals surface area contributed by atoms with E-state index >= 15 is 0 Å². The molecule has 5 nitrogen and oxygen atoms in total. The number of rotatable bonds is 9. The molecule has 0 spiro atoms. The molecule has 0 aromatic heterocycles. The summed E-state index contributed by atoms with van der Waals surface area (Å²) in [6.45, 7) is 12.4. The van der Waals surface area contributed by atoms with Crippen LogP contribution >= 0.6 is 24.0 Å². The lowest BCUT2D eigenvalue weighted by molar-refractivity contribution is -0.128. The molecular formula is C17H37IN4O. The van der Waals surface area contributed by atoms with Gasteiger partial charge in [0.2, 0.25) is 5.91 Å². The van der Waals surface area contributed by atoms with Crippen LogP contribution in [0.15, 0.2) is 4.99 Å². The standard InChI is InChI=1S/C17H36N4O.HI/c1-7-9-10-14(8-2)13-21-16(18-6)20-12-11-19-15(22)17(3,4)5;/h14H,7-13H2,1-6H3,(H,19,22)(H2,18,20,21);1H. The molecule has 23 heavy (non-hydrogen) atoms. The Morgan fingerprint density at radius 3 is 2.17 bits per heavy atom. The van der Waals surface area contributed by atoms with E-state index in [1.165, 1.54) is 25.7 Å². The zero-order valence-electron chi connectivity index (χ0n) is 15.8. The lowest BCUT2D eigenvalue weighted by atomic mass is 9.96. The molecule has 0 bridgehead atoms. The summed E-state index contributed by atoms with van der Waals surface area (Å²) in [6, 6.07) is 0. The maximum atomic E-state index is 11.7. The van der Waals surface area contributed by atoms with Crippen LogP contribution in [-0.4, -0.2) is 38.5 Å². The minimum Gasteiger partial charge on any atom is -0.356 e. The second kappa shape index (κ2) is 13.9. The van der Waals surface area contributed by atoms with Gasteiger partial charge in [-0.3, -0.25) is 9.79 Å². The van der Waals surface area contributed by atoms with Crippen LogP contribution in [0.2, 0.25) is 0 Å². The van der Waals surface area contributed by atoms with Crippen LogP contribution in [0, 0.1) is 11.3 Å². The minimum atomic E-state index is -0.340. The zero-order valence-corrected chi connectivity index (χ0v) is 18.1. The predicted molar refractivity (Wildman–Crippen MR) is 111 cm³/mol. The summed E-state index contributed by atoms with van der Waals surface area (Å²) in [6.07, 6.45) is 4.98. The first-order valence-corrected chi connectivity index (χ1v) is 8.57. The highest BCUT2D eigenvalue weighted by molar-refractivity contribution is 14.0. The van der Waals surface area contributed by atoms with Crippen molar-refractivity contribution in [1.29, 1.82) is 0 Å². The first kappa shape index (κ1) is 24.7. The highest BCUT2D eigenvalue weighted by atomic mass is 127. The van der Waals surface area contributed by atoms with Gasteiger partial charge < -0.3 is 16.0 Å². The van der Waals surface area contributed by atoms with E-state index in [1.54, 1.807) is 7.05 Å². The maximum absolute atomic E-state index is 11.7. The summed E-state index contributed by atoms with van der Waals surface area (Å²) < 4.78 is 0. The van der Waals surface area contributed by atoms with Crippen molar-refractivity contribution in [2.45, 2.75) is 60.3 Å². The van der Waals surface area contributed by atoms with Gasteiger partial charge in [0, 0.05) is 32.1 Å². The Balaban J connectivity index is 0. The SMILES string of the molecule is CCCCC(CC)CNC(=NC)NCCNC(=O)C(C)(C)C.I. The molecule has 0 aliphatic rings. The van der Waals surface area contributed by atoms with Crippen LogP contribution in [0.3, 0.4) is 0 Å².